The first-order valence-electron chi connectivity index (χ1n) is 15.6. The molecule has 0 aliphatic carbocycles. The Morgan fingerprint density at radius 2 is 1.57 bits per heavy atom. The lowest BCUT2D eigenvalue weighted by Crippen LogP contribution is -2.49. The smallest absolute Gasteiger partial charge is 0.243 e. The van der Waals surface area contributed by atoms with Gasteiger partial charge in [0.15, 0.2) is 11.5 Å². The molecule has 0 N–H and O–H groups in total. The maximum atomic E-state index is 14.2. The summed E-state index contributed by atoms with van der Waals surface area (Å²) in [4.78, 5) is 13.6. The van der Waals surface area contributed by atoms with E-state index in [1.807, 2.05) is 30.3 Å². The molecule has 1 saturated heterocycles. The molecule has 2 aromatic heterocycles. The van der Waals surface area contributed by atoms with Crippen LogP contribution in [0.15, 0.2) is 78.2 Å². The number of nitrogens with zero attached hydrogens (tertiary/aromatic N) is 5. The summed E-state index contributed by atoms with van der Waals surface area (Å²) >= 11 is 0. The maximum absolute atomic E-state index is 14.2. The van der Waals surface area contributed by atoms with Gasteiger partial charge in [0.05, 0.1) is 26.2 Å². The average Bonchev–Trinajstić information content (AvgIpc) is 3.07. The van der Waals surface area contributed by atoms with Crippen molar-refractivity contribution in [3.63, 3.8) is 0 Å². The molecule has 4 aromatic rings. The normalized spacial score (nSPS) is 14.9. The molecule has 1 aliphatic rings. The van der Waals surface area contributed by atoms with E-state index < -0.39 is 10.0 Å². The number of sulfonamides is 1. The van der Waals surface area contributed by atoms with E-state index >= 15 is 0 Å². The molecule has 11 heteroatoms. The van der Waals surface area contributed by atoms with Crippen LogP contribution in [0.2, 0.25) is 0 Å². The van der Waals surface area contributed by atoms with Crippen LogP contribution in [0.4, 0.5) is 0 Å². The highest BCUT2D eigenvalue weighted by Gasteiger charge is 2.31. The van der Waals surface area contributed by atoms with E-state index in [9.17, 15) is 8.42 Å². The molecule has 0 bridgehead atoms. The summed E-state index contributed by atoms with van der Waals surface area (Å²) in [5.74, 6) is 1.97. The molecule has 0 unspecified atom stereocenters. The fraction of sp³-hybridized carbons (Fsp3) is 0.429. The Balaban J connectivity index is 1.24. The number of fused-ring (bicyclic) bond motifs is 1. The van der Waals surface area contributed by atoms with Gasteiger partial charge in [-0.3, -0.25) is 14.9 Å². The lowest BCUT2D eigenvalue weighted by Gasteiger charge is -2.39. The van der Waals surface area contributed by atoms with Crippen LogP contribution in [-0.2, 0) is 23.1 Å². The summed E-state index contributed by atoms with van der Waals surface area (Å²) < 4.78 is 46.7. The van der Waals surface area contributed by atoms with E-state index in [1.54, 1.807) is 68.6 Å². The van der Waals surface area contributed by atoms with Crippen molar-refractivity contribution in [2.45, 2.75) is 38.3 Å². The first kappa shape index (κ1) is 33.6. The summed E-state index contributed by atoms with van der Waals surface area (Å²) in [6.45, 7) is 10.4. The molecule has 0 atom stereocenters. The summed E-state index contributed by atoms with van der Waals surface area (Å²) in [5, 5.41) is 1.48. The SMILES string of the molecule is COc1ccc(CN2CCN(CC(C)(C)CCN(Cc3cccnc3)S(=O)(=O)c3cccc4cnccc34)CC2)c(OC)c1OC. The highest BCUT2D eigenvalue weighted by Crippen LogP contribution is 2.40. The first-order chi connectivity index (χ1) is 22.1. The quantitative estimate of drug-likeness (QED) is 0.186. The monoisotopic (exact) mass is 647 g/mol. The minimum absolute atomic E-state index is 0.111. The van der Waals surface area contributed by atoms with Crippen molar-refractivity contribution in [3.05, 3.63) is 84.4 Å². The van der Waals surface area contributed by atoms with Crippen molar-refractivity contribution in [2.75, 3.05) is 60.6 Å². The lowest BCUT2D eigenvalue weighted by molar-refractivity contribution is 0.0873. The van der Waals surface area contributed by atoms with Gasteiger partial charge in [0.25, 0.3) is 0 Å². The van der Waals surface area contributed by atoms with Crippen molar-refractivity contribution >= 4 is 20.8 Å². The van der Waals surface area contributed by atoms with Gasteiger partial charge in [-0.2, -0.15) is 4.31 Å². The molecule has 0 amide bonds. The molecule has 10 nitrogen and oxygen atoms in total. The Kier molecular flexibility index (Phi) is 10.8. The third kappa shape index (κ3) is 7.78. The fourth-order valence-electron chi connectivity index (χ4n) is 6.18. The molecule has 246 valence electrons. The number of hydrogen-bond donors (Lipinski definition) is 0. The zero-order chi connectivity index (χ0) is 32.7. The summed E-state index contributed by atoms with van der Waals surface area (Å²) in [6, 6.07) is 14.9. The number of methoxy groups -OCH3 is 3. The minimum atomic E-state index is -3.80. The molecular formula is C35H45N5O5S. The van der Waals surface area contributed by atoms with Crippen LogP contribution in [0.25, 0.3) is 10.8 Å². The molecule has 0 spiro atoms. The largest absolute Gasteiger partial charge is 0.493 e. The van der Waals surface area contributed by atoms with Gasteiger partial charge in [-0.15, -0.1) is 0 Å². The zero-order valence-electron chi connectivity index (χ0n) is 27.5. The zero-order valence-corrected chi connectivity index (χ0v) is 28.3. The number of hydrogen-bond acceptors (Lipinski definition) is 9. The van der Waals surface area contributed by atoms with Gasteiger partial charge in [-0.25, -0.2) is 8.42 Å². The van der Waals surface area contributed by atoms with E-state index in [-0.39, 0.29) is 12.0 Å². The molecule has 2 aromatic carbocycles. The number of rotatable bonds is 14. The third-order valence-corrected chi connectivity index (χ3v) is 10.6. The van der Waals surface area contributed by atoms with Gasteiger partial charge in [0.2, 0.25) is 15.8 Å². The number of benzene rings is 2. The highest BCUT2D eigenvalue weighted by atomic mass is 32.2. The Hall–Kier alpha value is -3.77. The van der Waals surface area contributed by atoms with Crippen LogP contribution in [0, 0.1) is 5.41 Å². The lowest BCUT2D eigenvalue weighted by atomic mass is 9.88. The number of piperazine rings is 1. The van der Waals surface area contributed by atoms with Crippen LogP contribution < -0.4 is 14.2 Å². The first-order valence-corrected chi connectivity index (χ1v) is 17.0. The number of aromatic nitrogens is 2. The van der Waals surface area contributed by atoms with Crippen LogP contribution in [0.5, 0.6) is 17.2 Å². The number of ether oxygens (including phenoxy) is 3. The summed E-state index contributed by atoms with van der Waals surface area (Å²) in [7, 11) is 1.10. The van der Waals surface area contributed by atoms with Crippen LogP contribution >= 0.6 is 0 Å². The van der Waals surface area contributed by atoms with Crippen molar-refractivity contribution in [3.8, 4) is 17.2 Å². The summed E-state index contributed by atoms with van der Waals surface area (Å²) in [5.41, 5.74) is 1.81. The Morgan fingerprint density at radius 3 is 2.26 bits per heavy atom. The molecule has 5 rings (SSSR count). The standard InChI is InChI=1S/C35H45N5O5S/c1-35(2,26-39-20-18-38(19-21-39)25-29-11-12-31(43-3)34(45-5)33(29)44-4)14-17-40(24-27-8-7-15-36-22-27)46(41,42)32-10-6-9-28-23-37-16-13-30(28)32/h6-13,15-16,22-23H,14,17-21,24-26H2,1-5H3. The Bertz CT molecular complexity index is 1700. The molecular weight excluding hydrogens is 602 g/mol. The predicted molar refractivity (Wildman–Crippen MR) is 180 cm³/mol. The molecule has 1 aliphatic heterocycles. The van der Waals surface area contributed by atoms with E-state index in [0.717, 1.165) is 55.8 Å². The predicted octanol–water partition coefficient (Wildman–Crippen LogP) is 5.08. The second-order valence-corrected chi connectivity index (χ2v) is 14.4. The minimum Gasteiger partial charge on any atom is -0.493 e. The van der Waals surface area contributed by atoms with Crippen molar-refractivity contribution < 1.29 is 22.6 Å². The second-order valence-electron chi connectivity index (χ2n) is 12.5. The fourth-order valence-corrected chi connectivity index (χ4v) is 7.83. The van der Waals surface area contributed by atoms with E-state index in [2.05, 4.69) is 33.6 Å². The van der Waals surface area contributed by atoms with Crippen LogP contribution in [0.3, 0.4) is 0 Å². The molecule has 1 fully saturated rings. The van der Waals surface area contributed by atoms with Crippen LogP contribution in [0.1, 0.15) is 31.4 Å². The van der Waals surface area contributed by atoms with Gasteiger partial charge in [-0.05, 0) is 41.7 Å². The maximum Gasteiger partial charge on any atom is 0.243 e. The Labute approximate surface area is 273 Å². The highest BCUT2D eigenvalue weighted by molar-refractivity contribution is 7.89. The van der Waals surface area contributed by atoms with Gasteiger partial charge in [-0.1, -0.05) is 38.1 Å². The number of pyridine rings is 2. The van der Waals surface area contributed by atoms with E-state index in [1.165, 1.54) is 0 Å². The summed E-state index contributed by atoms with van der Waals surface area (Å²) in [6.07, 6.45) is 7.49. The second kappa shape index (κ2) is 14.8. The van der Waals surface area contributed by atoms with Gasteiger partial charge in [0, 0.05) is 93.5 Å². The third-order valence-electron chi connectivity index (χ3n) is 8.67. The molecule has 0 saturated carbocycles. The topological polar surface area (TPSA) is 97.3 Å². The van der Waals surface area contributed by atoms with Gasteiger partial charge < -0.3 is 19.1 Å². The van der Waals surface area contributed by atoms with E-state index in [0.29, 0.717) is 40.5 Å². The van der Waals surface area contributed by atoms with Crippen LogP contribution in [-0.4, -0.2) is 93.1 Å². The van der Waals surface area contributed by atoms with Crippen molar-refractivity contribution in [2.24, 2.45) is 5.41 Å². The van der Waals surface area contributed by atoms with Gasteiger partial charge in [0.1, 0.15) is 0 Å². The van der Waals surface area contributed by atoms with E-state index in [4.69, 9.17) is 14.2 Å². The molecule has 0 radical (unpaired) electrons. The van der Waals surface area contributed by atoms with Crippen molar-refractivity contribution in [1.29, 1.82) is 0 Å². The Morgan fingerprint density at radius 1 is 0.826 bits per heavy atom. The van der Waals surface area contributed by atoms with Gasteiger partial charge >= 0.3 is 0 Å². The van der Waals surface area contributed by atoms with Crippen molar-refractivity contribution in [1.82, 2.24) is 24.1 Å². The average molecular weight is 648 g/mol. The molecule has 3 heterocycles. The molecule has 46 heavy (non-hydrogen) atoms.